The molecule has 2 N–H and O–H groups in total. The zero-order valence-electron chi connectivity index (χ0n) is 8.53. The smallest absolute Gasteiger partial charge is 0.338 e. The Morgan fingerprint density at radius 3 is 2.60 bits per heavy atom. The Hall–Kier alpha value is -1.68. The summed E-state index contributed by atoms with van der Waals surface area (Å²) in [7, 11) is 1.31. The van der Waals surface area contributed by atoms with Crippen molar-refractivity contribution in [3.63, 3.8) is 0 Å². The van der Waals surface area contributed by atoms with Crippen LogP contribution >= 0.6 is 0 Å². The molecular weight excluding hydrogens is 194 g/mol. The highest BCUT2D eigenvalue weighted by molar-refractivity contribution is 5.93. The summed E-state index contributed by atoms with van der Waals surface area (Å²) in [5.41, 5.74) is 6.28. The van der Waals surface area contributed by atoms with Gasteiger partial charge in [0, 0.05) is 6.42 Å². The van der Waals surface area contributed by atoms with Crippen molar-refractivity contribution in [2.75, 3.05) is 13.7 Å². The summed E-state index contributed by atoms with van der Waals surface area (Å²) < 4.78 is 4.61. The molecule has 0 radical (unpaired) electrons. The molecule has 0 spiro atoms. The molecule has 0 amide bonds. The molecule has 0 aliphatic carbocycles. The Balaban J connectivity index is 2.96. The van der Waals surface area contributed by atoms with E-state index in [4.69, 9.17) is 5.73 Å². The Bertz CT molecular complexity index is 374. The Morgan fingerprint density at radius 2 is 2.00 bits per heavy atom. The van der Waals surface area contributed by atoms with Gasteiger partial charge in [0.25, 0.3) is 0 Å². The molecule has 4 nitrogen and oxygen atoms in total. The van der Waals surface area contributed by atoms with Gasteiger partial charge in [0.05, 0.1) is 19.2 Å². The molecule has 1 aromatic carbocycles. The van der Waals surface area contributed by atoms with Gasteiger partial charge in [0.2, 0.25) is 0 Å². The second-order valence-corrected chi connectivity index (χ2v) is 3.07. The molecule has 0 aliphatic heterocycles. The van der Waals surface area contributed by atoms with Crippen molar-refractivity contribution in [3.05, 3.63) is 35.4 Å². The molecule has 0 atom stereocenters. The third-order valence-corrected chi connectivity index (χ3v) is 2.04. The van der Waals surface area contributed by atoms with Gasteiger partial charge in [-0.3, -0.25) is 4.79 Å². The summed E-state index contributed by atoms with van der Waals surface area (Å²) in [6.07, 6.45) is 0.168. The number of benzene rings is 1. The van der Waals surface area contributed by atoms with Crippen molar-refractivity contribution in [1.29, 1.82) is 0 Å². The van der Waals surface area contributed by atoms with E-state index in [1.54, 1.807) is 24.3 Å². The molecule has 0 saturated heterocycles. The van der Waals surface area contributed by atoms with Gasteiger partial charge in [-0.05, 0) is 11.6 Å². The molecule has 0 heterocycles. The van der Waals surface area contributed by atoms with E-state index in [2.05, 4.69) is 4.74 Å². The fraction of sp³-hybridized carbons (Fsp3) is 0.273. The standard InChI is InChI=1S/C11H13NO3/c1-15-11(14)10-5-3-2-4-8(10)6-9(13)7-12/h2-5H,6-7,12H2,1H3. The van der Waals surface area contributed by atoms with E-state index in [1.165, 1.54) is 7.11 Å². The fourth-order valence-electron chi connectivity index (χ4n) is 1.27. The molecule has 0 unspecified atom stereocenters. The average Bonchev–Trinajstić information content (AvgIpc) is 2.28. The quantitative estimate of drug-likeness (QED) is 0.732. The topological polar surface area (TPSA) is 69.4 Å². The van der Waals surface area contributed by atoms with Gasteiger partial charge in [0.1, 0.15) is 0 Å². The van der Waals surface area contributed by atoms with Crippen molar-refractivity contribution >= 4 is 11.8 Å². The fourth-order valence-corrected chi connectivity index (χ4v) is 1.27. The largest absolute Gasteiger partial charge is 0.465 e. The zero-order valence-corrected chi connectivity index (χ0v) is 8.53. The maximum atomic E-state index is 11.3. The highest BCUT2D eigenvalue weighted by Crippen LogP contribution is 2.10. The molecule has 0 aromatic heterocycles. The van der Waals surface area contributed by atoms with Crippen LogP contribution in [0.5, 0.6) is 0 Å². The molecule has 1 rings (SSSR count). The molecule has 0 bridgehead atoms. The van der Waals surface area contributed by atoms with E-state index < -0.39 is 5.97 Å². The highest BCUT2D eigenvalue weighted by atomic mass is 16.5. The van der Waals surface area contributed by atoms with Crippen molar-refractivity contribution in [3.8, 4) is 0 Å². The van der Waals surface area contributed by atoms with E-state index in [9.17, 15) is 9.59 Å². The van der Waals surface area contributed by atoms with E-state index in [0.717, 1.165) is 0 Å². The van der Waals surface area contributed by atoms with Gasteiger partial charge < -0.3 is 10.5 Å². The first-order valence-electron chi connectivity index (χ1n) is 4.57. The number of esters is 1. The van der Waals surface area contributed by atoms with Crippen LogP contribution in [0.4, 0.5) is 0 Å². The minimum Gasteiger partial charge on any atom is -0.465 e. The first kappa shape index (κ1) is 11.4. The third kappa shape index (κ3) is 2.89. The zero-order chi connectivity index (χ0) is 11.3. The van der Waals surface area contributed by atoms with Crippen LogP contribution in [0.25, 0.3) is 0 Å². The van der Waals surface area contributed by atoms with Crippen LogP contribution < -0.4 is 5.73 Å². The van der Waals surface area contributed by atoms with Gasteiger partial charge in [0.15, 0.2) is 5.78 Å². The monoisotopic (exact) mass is 207 g/mol. The summed E-state index contributed by atoms with van der Waals surface area (Å²) in [6.45, 7) is -0.0183. The minimum atomic E-state index is -0.435. The van der Waals surface area contributed by atoms with Crippen LogP contribution in [-0.4, -0.2) is 25.4 Å². The summed E-state index contributed by atoms with van der Waals surface area (Å²) in [6, 6.07) is 6.85. The molecule has 0 fully saturated rings. The van der Waals surface area contributed by atoms with E-state index >= 15 is 0 Å². The number of ether oxygens (including phenoxy) is 1. The first-order valence-corrected chi connectivity index (χ1v) is 4.57. The van der Waals surface area contributed by atoms with Crippen molar-refractivity contribution < 1.29 is 14.3 Å². The van der Waals surface area contributed by atoms with Gasteiger partial charge >= 0.3 is 5.97 Å². The lowest BCUT2D eigenvalue weighted by Gasteiger charge is -2.05. The summed E-state index contributed by atoms with van der Waals surface area (Å²) in [4.78, 5) is 22.5. The minimum absolute atomic E-state index is 0.0183. The molecule has 4 heteroatoms. The number of nitrogens with two attached hydrogens (primary N) is 1. The summed E-state index contributed by atoms with van der Waals surface area (Å²) >= 11 is 0. The second kappa shape index (κ2) is 5.26. The van der Waals surface area contributed by atoms with Crippen LogP contribution in [0.1, 0.15) is 15.9 Å². The lowest BCUT2D eigenvalue weighted by atomic mass is 10.0. The molecule has 0 saturated carbocycles. The third-order valence-electron chi connectivity index (χ3n) is 2.04. The molecular formula is C11H13NO3. The van der Waals surface area contributed by atoms with Crippen molar-refractivity contribution in [2.45, 2.75) is 6.42 Å². The number of rotatable bonds is 4. The summed E-state index contributed by atoms with van der Waals surface area (Å²) in [5, 5.41) is 0. The maximum absolute atomic E-state index is 11.3. The Labute approximate surface area is 88.0 Å². The number of hydrogen-bond donors (Lipinski definition) is 1. The number of ketones is 1. The van der Waals surface area contributed by atoms with Crippen LogP contribution in [0.15, 0.2) is 24.3 Å². The summed E-state index contributed by atoms with van der Waals surface area (Å²) in [5.74, 6) is -0.540. The number of carbonyl (C=O) groups excluding carboxylic acids is 2. The molecule has 0 aliphatic rings. The van der Waals surface area contributed by atoms with Crippen molar-refractivity contribution in [1.82, 2.24) is 0 Å². The van der Waals surface area contributed by atoms with Crippen LogP contribution in [0, 0.1) is 0 Å². The number of Topliss-reactive ketones (excluding diaryl/α,β-unsaturated/α-hetero) is 1. The predicted molar refractivity (Wildman–Crippen MR) is 55.5 cm³/mol. The number of hydrogen-bond acceptors (Lipinski definition) is 4. The Morgan fingerprint density at radius 1 is 1.33 bits per heavy atom. The highest BCUT2D eigenvalue weighted by Gasteiger charge is 2.12. The maximum Gasteiger partial charge on any atom is 0.338 e. The van der Waals surface area contributed by atoms with E-state index in [0.29, 0.717) is 11.1 Å². The number of methoxy groups -OCH3 is 1. The van der Waals surface area contributed by atoms with Gasteiger partial charge in [-0.2, -0.15) is 0 Å². The average molecular weight is 207 g/mol. The lowest BCUT2D eigenvalue weighted by molar-refractivity contribution is -0.117. The second-order valence-electron chi connectivity index (χ2n) is 3.07. The van der Waals surface area contributed by atoms with E-state index in [-0.39, 0.29) is 18.7 Å². The van der Waals surface area contributed by atoms with Gasteiger partial charge in [-0.25, -0.2) is 4.79 Å². The van der Waals surface area contributed by atoms with Crippen LogP contribution in [-0.2, 0) is 16.0 Å². The SMILES string of the molecule is COC(=O)c1ccccc1CC(=O)CN. The molecule has 80 valence electrons. The van der Waals surface area contributed by atoms with Crippen molar-refractivity contribution in [2.24, 2.45) is 5.73 Å². The Kier molecular flexibility index (Phi) is 4.00. The molecule has 15 heavy (non-hydrogen) atoms. The van der Waals surface area contributed by atoms with Crippen LogP contribution in [0.2, 0.25) is 0 Å². The molecule has 1 aromatic rings. The first-order chi connectivity index (χ1) is 7.19. The van der Waals surface area contributed by atoms with Gasteiger partial charge in [-0.15, -0.1) is 0 Å². The van der Waals surface area contributed by atoms with Gasteiger partial charge in [-0.1, -0.05) is 18.2 Å². The lowest BCUT2D eigenvalue weighted by Crippen LogP contribution is -2.17. The normalized spacial score (nSPS) is 9.73. The van der Waals surface area contributed by atoms with Crippen LogP contribution in [0.3, 0.4) is 0 Å². The predicted octanol–water partition coefficient (Wildman–Crippen LogP) is 0.543. The number of carbonyl (C=O) groups is 2. The van der Waals surface area contributed by atoms with E-state index in [1.807, 2.05) is 0 Å².